The Morgan fingerprint density at radius 1 is 1.11 bits per heavy atom. The van der Waals surface area contributed by atoms with Crippen molar-refractivity contribution in [2.45, 2.75) is 29.5 Å². The maximum Gasteiger partial charge on any atom is 0.263 e. The molecular weight excluding hydrogens is 329 g/mol. The maximum absolute atomic E-state index is 11.6. The molecule has 0 radical (unpaired) electrons. The predicted octanol–water partition coefficient (Wildman–Crippen LogP) is 3.68. The van der Waals surface area contributed by atoms with Gasteiger partial charge in [0.05, 0.1) is 5.69 Å². The van der Waals surface area contributed by atoms with Crippen LogP contribution in [0.1, 0.15) is 13.8 Å². The van der Waals surface area contributed by atoms with Gasteiger partial charge in [0.1, 0.15) is 4.90 Å². The summed E-state index contributed by atoms with van der Waals surface area (Å²) in [6, 6.07) is 6.56. The number of hydrogen-bond donors (Lipinski definition) is 0. The zero-order valence-corrected chi connectivity index (χ0v) is 13.8. The van der Waals surface area contributed by atoms with Gasteiger partial charge in [0, 0.05) is 34.5 Å². The molecule has 0 saturated heterocycles. The molecule has 7 heteroatoms. The smallest absolute Gasteiger partial charge is 0.263 e. The molecule has 0 aliphatic carbocycles. The molecule has 0 aliphatic heterocycles. The summed E-state index contributed by atoms with van der Waals surface area (Å²) in [7, 11) is 1.65. The lowest BCUT2D eigenvalue weighted by Gasteiger charge is -2.28. The highest BCUT2D eigenvalue weighted by atomic mass is 35.7. The van der Waals surface area contributed by atoms with E-state index < -0.39 is 9.05 Å². The summed E-state index contributed by atoms with van der Waals surface area (Å²) in [4.78, 5) is 1.91. The molecule has 1 aromatic rings. The van der Waals surface area contributed by atoms with Crippen molar-refractivity contribution < 1.29 is 8.42 Å². The van der Waals surface area contributed by atoms with Crippen LogP contribution in [0.3, 0.4) is 0 Å². The molecule has 1 rings (SSSR count). The van der Waals surface area contributed by atoms with Crippen LogP contribution in [0.2, 0.25) is 0 Å². The minimum absolute atomic E-state index is 0.0753. The van der Waals surface area contributed by atoms with Gasteiger partial charge in [0.25, 0.3) is 9.05 Å². The third-order valence-corrected chi connectivity index (χ3v) is 4.06. The normalized spacial score (nSPS) is 15.0. The molecular formula is C12H16Cl3NO2S. The Hall–Kier alpha value is -0.160. The molecule has 0 saturated carbocycles. The summed E-state index contributed by atoms with van der Waals surface area (Å²) in [5, 5.41) is -0.275. The first-order valence-corrected chi connectivity index (χ1v) is 8.97. The fourth-order valence-electron chi connectivity index (χ4n) is 1.80. The van der Waals surface area contributed by atoms with Crippen LogP contribution in [0.4, 0.5) is 5.69 Å². The van der Waals surface area contributed by atoms with Crippen LogP contribution in [0.5, 0.6) is 0 Å². The summed E-state index contributed by atoms with van der Waals surface area (Å²) in [5.41, 5.74) is 0.525. The van der Waals surface area contributed by atoms with Gasteiger partial charge in [0.2, 0.25) is 0 Å². The number of rotatable bonds is 6. The number of hydrogen-bond acceptors (Lipinski definition) is 3. The van der Waals surface area contributed by atoms with Crippen LogP contribution < -0.4 is 4.90 Å². The van der Waals surface area contributed by atoms with E-state index in [9.17, 15) is 8.42 Å². The Balaban J connectivity index is 3.22. The van der Waals surface area contributed by atoms with Crippen molar-refractivity contribution in [2.75, 3.05) is 18.0 Å². The van der Waals surface area contributed by atoms with E-state index >= 15 is 0 Å². The highest BCUT2D eigenvalue weighted by Gasteiger charge is 2.21. The topological polar surface area (TPSA) is 37.4 Å². The molecule has 0 aromatic heterocycles. The van der Waals surface area contributed by atoms with Gasteiger partial charge in [-0.25, -0.2) is 8.42 Å². The van der Waals surface area contributed by atoms with Gasteiger partial charge >= 0.3 is 0 Å². The van der Waals surface area contributed by atoms with Gasteiger partial charge in [0.15, 0.2) is 0 Å². The second kappa shape index (κ2) is 7.02. The van der Waals surface area contributed by atoms with Crippen LogP contribution in [-0.2, 0) is 9.05 Å². The molecule has 1 aromatic carbocycles. The number of benzene rings is 1. The molecule has 108 valence electrons. The Labute approximate surface area is 128 Å². The van der Waals surface area contributed by atoms with Crippen molar-refractivity contribution in [3.05, 3.63) is 24.3 Å². The summed E-state index contributed by atoms with van der Waals surface area (Å²) < 4.78 is 23.2. The minimum atomic E-state index is -3.81. The molecule has 2 unspecified atom stereocenters. The standard InChI is InChI=1S/C12H16Cl3NO2S/c1-9(13)7-16(8-10(2)14)11-5-3-4-6-12(11)19(15,17)18/h3-6,9-10H,7-8H2,1-2H3. The molecule has 0 N–H and O–H groups in total. The first-order valence-electron chi connectivity index (χ1n) is 5.78. The Bertz CT molecular complexity index is 507. The minimum Gasteiger partial charge on any atom is -0.368 e. The van der Waals surface area contributed by atoms with Crippen molar-refractivity contribution in [3.8, 4) is 0 Å². The first kappa shape index (κ1) is 16.9. The van der Waals surface area contributed by atoms with Gasteiger partial charge in [-0.05, 0) is 26.0 Å². The molecule has 0 fully saturated rings. The van der Waals surface area contributed by atoms with E-state index in [2.05, 4.69) is 0 Å². The number of para-hydroxylation sites is 1. The van der Waals surface area contributed by atoms with Gasteiger partial charge in [-0.2, -0.15) is 0 Å². The lowest BCUT2D eigenvalue weighted by Crippen LogP contribution is -2.34. The van der Waals surface area contributed by atoms with Crippen LogP contribution in [-0.4, -0.2) is 32.3 Å². The average molecular weight is 345 g/mol. The van der Waals surface area contributed by atoms with Gasteiger partial charge < -0.3 is 4.90 Å². The monoisotopic (exact) mass is 343 g/mol. The van der Waals surface area contributed by atoms with E-state index in [1.54, 1.807) is 18.2 Å². The van der Waals surface area contributed by atoms with Crippen LogP contribution in [0.25, 0.3) is 0 Å². The Kier molecular flexibility index (Phi) is 6.24. The SMILES string of the molecule is CC(Cl)CN(CC(C)Cl)c1ccccc1S(=O)(=O)Cl. The third kappa shape index (κ3) is 5.38. The fourth-order valence-corrected chi connectivity index (χ4v) is 3.22. The highest BCUT2D eigenvalue weighted by Crippen LogP contribution is 2.28. The van der Waals surface area contributed by atoms with Crippen molar-refractivity contribution in [1.82, 2.24) is 0 Å². The van der Waals surface area contributed by atoms with Gasteiger partial charge in [-0.1, -0.05) is 12.1 Å². The number of nitrogens with zero attached hydrogens (tertiary/aromatic N) is 1. The van der Waals surface area contributed by atoms with Gasteiger partial charge in [-0.15, -0.1) is 23.2 Å². The first-order chi connectivity index (χ1) is 8.71. The molecule has 19 heavy (non-hydrogen) atoms. The number of anilines is 1. The largest absolute Gasteiger partial charge is 0.368 e. The maximum atomic E-state index is 11.6. The lowest BCUT2D eigenvalue weighted by molar-refractivity contribution is 0.608. The quantitative estimate of drug-likeness (QED) is 0.583. The number of halogens is 3. The third-order valence-electron chi connectivity index (χ3n) is 2.41. The van der Waals surface area contributed by atoms with Crippen molar-refractivity contribution in [3.63, 3.8) is 0 Å². The van der Waals surface area contributed by atoms with Crippen molar-refractivity contribution >= 4 is 48.6 Å². The lowest BCUT2D eigenvalue weighted by atomic mass is 10.2. The van der Waals surface area contributed by atoms with E-state index in [0.29, 0.717) is 18.8 Å². The summed E-state index contributed by atoms with van der Waals surface area (Å²) in [5.74, 6) is 0. The Morgan fingerprint density at radius 2 is 1.58 bits per heavy atom. The summed E-state index contributed by atoms with van der Waals surface area (Å²) in [6.07, 6.45) is 0. The molecule has 0 bridgehead atoms. The van der Waals surface area contributed by atoms with E-state index in [1.165, 1.54) is 6.07 Å². The molecule has 2 atom stereocenters. The zero-order valence-electron chi connectivity index (χ0n) is 10.7. The number of alkyl halides is 2. The van der Waals surface area contributed by atoms with Crippen LogP contribution in [0, 0.1) is 0 Å². The second-order valence-corrected chi connectivity index (χ2v) is 8.40. The van der Waals surface area contributed by atoms with E-state index in [-0.39, 0.29) is 15.6 Å². The molecule has 3 nitrogen and oxygen atoms in total. The van der Waals surface area contributed by atoms with Crippen LogP contribution in [0.15, 0.2) is 29.2 Å². The zero-order chi connectivity index (χ0) is 14.6. The fraction of sp³-hybridized carbons (Fsp3) is 0.500. The van der Waals surface area contributed by atoms with E-state index in [0.717, 1.165) is 0 Å². The molecule has 0 spiro atoms. The van der Waals surface area contributed by atoms with E-state index in [1.807, 2.05) is 18.7 Å². The molecule has 0 aliphatic rings. The van der Waals surface area contributed by atoms with E-state index in [4.69, 9.17) is 33.9 Å². The van der Waals surface area contributed by atoms with Crippen molar-refractivity contribution in [1.29, 1.82) is 0 Å². The molecule has 0 heterocycles. The van der Waals surface area contributed by atoms with Crippen LogP contribution >= 0.6 is 33.9 Å². The average Bonchev–Trinajstić information content (AvgIpc) is 2.25. The summed E-state index contributed by atoms with van der Waals surface area (Å²) in [6.45, 7) is 4.65. The van der Waals surface area contributed by atoms with Gasteiger partial charge in [-0.3, -0.25) is 0 Å². The molecule has 0 amide bonds. The highest BCUT2D eigenvalue weighted by molar-refractivity contribution is 8.13. The Morgan fingerprint density at radius 3 is 2.00 bits per heavy atom. The van der Waals surface area contributed by atoms with Crippen molar-refractivity contribution in [2.24, 2.45) is 0 Å². The predicted molar refractivity (Wildman–Crippen MR) is 82.3 cm³/mol. The second-order valence-electron chi connectivity index (χ2n) is 4.37. The summed E-state index contributed by atoms with van der Waals surface area (Å²) >= 11 is 12.0.